The Hall–Kier alpha value is -3.91. The molecular weight excluding hydrogens is 408 g/mol. The van der Waals surface area contributed by atoms with Crippen LogP contribution in [0.3, 0.4) is 0 Å². The number of para-hydroxylation sites is 2. The number of aromatic nitrogens is 2. The SMILES string of the molecule is CC(=O)NC(Cc1cn(C(=O)C(N)Cc2c[nH]c3ccccc23)c2ccccc12)C(=O)O. The number of hydrogen-bond acceptors (Lipinski definition) is 4. The van der Waals surface area contributed by atoms with Gasteiger partial charge in [0.05, 0.1) is 11.6 Å². The van der Waals surface area contributed by atoms with E-state index in [2.05, 4.69) is 10.3 Å². The molecule has 1 amide bonds. The van der Waals surface area contributed by atoms with Gasteiger partial charge in [-0.3, -0.25) is 14.2 Å². The minimum Gasteiger partial charge on any atom is -0.480 e. The molecule has 0 fully saturated rings. The van der Waals surface area contributed by atoms with Crippen molar-refractivity contribution in [3.05, 3.63) is 72.1 Å². The highest BCUT2D eigenvalue weighted by Gasteiger charge is 2.24. The highest BCUT2D eigenvalue weighted by Crippen LogP contribution is 2.24. The van der Waals surface area contributed by atoms with Gasteiger partial charge < -0.3 is 21.1 Å². The van der Waals surface area contributed by atoms with Crippen LogP contribution in [-0.2, 0) is 22.4 Å². The monoisotopic (exact) mass is 432 g/mol. The zero-order chi connectivity index (χ0) is 22.8. The highest BCUT2D eigenvalue weighted by atomic mass is 16.4. The average Bonchev–Trinajstić information content (AvgIpc) is 3.34. The summed E-state index contributed by atoms with van der Waals surface area (Å²) in [5.74, 6) is -1.86. The molecule has 0 saturated carbocycles. The van der Waals surface area contributed by atoms with Gasteiger partial charge in [-0.15, -0.1) is 0 Å². The van der Waals surface area contributed by atoms with Gasteiger partial charge in [0.2, 0.25) is 11.8 Å². The van der Waals surface area contributed by atoms with Crippen molar-refractivity contribution in [2.75, 3.05) is 0 Å². The molecule has 0 spiro atoms. The topological polar surface area (TPSA) is 130 Å². The van der Waals surface area contributed by atoms with Crippen LogP contribution in [0.5, 0.6) is 0 Å². The van der Waals surface area contributed by atoms with Gasteiger partial charge in [0.15, 0.2) is 0 Å². The second kappa shape index (κ2) is 8.68. The molecule has 2 aromatic carbocycles. The van der Waals surface area contributed by atoms with E-state index in [1.807, 2.05) is 48.7 Å². The highest BCUT2D eigenvalue weighted by molar-refractivity contribution is 5.97. The van der Waals surface area contributed by atoms with Crippen molar-refractivity contribution in [2.45, 2.75) is 31.8 Å². The van der Waals surface area contributed by atoms with Crippen molar-refractivity contribution in [3.63, 3.8) is 0 Å². The first-order valence-corrected chi connectivity index (χ1v) is 10.3. The number of carbonyl (C=O) groups excluding carboxylic acids is 2. The predicted molar refractivity (Wildman–Crippen MR) is 121 cm³/mol. The van der Waals surface area contributed by atoms with Crippen LogP contribution in [0.2, 0.25) is 0 Å². The van der Waals surface area contributed by atoms with E-state index in [-0.39, 0.29) is 12.3 Å². The smallest absolute Gasteiger partial charge is 0.326 e. The molecule has 0 aliphatic heterocycles. The molecule has 4 aromatic rings. The fourth-order valence-electron chi connectivity index (χ4n) is 4.06. The van der Waals surface area contributed by atoms with Crippen LogP contribution in [0, 0.1) is 0 Å². The van der Waals surface area contributed by atoms with E-state index >= 15 is 0 Å². The lowest BCUT2D eigenvalue weighted by Gasteiger charge is -2.13. The molecule has 32 heavy (non-hydrogen) atoms. The fraction of sp³-hybridized carbons (Fsp3) is 0.208. The Bertz CT molecular complexity index is 1320. The lowest BCUT2D eigenvalue weighted by Crippen LogP contribution is -2.41. The standard InChI is InChI=1S/C24H24N4O4/c1-14(29)27-21(24(31)32)11-16-13-28(22-9-5-3-7-18(16)22)23(30)19(25)10-15-12-26-20-8-4-2-6-17(15)20/h2-9,12-13,19,21,26H,10-11,25H2,1H3,(H,27,29)(H,31,32). The number of aromatic amines is 1. The minimum absolute atomic E-state index is 0.0490. The number of nitrogens with one attached hydrogen (secondary N) is 2. The Morgan fingerprint density at radius 3 is 2.44 bits per heavy atom. The molecule has 5 N–H and O–H groups in total. The molecule has 0 radical (unpaired) electrons. The summed E-state index contributed by atoms with van der Waals surface area (Å²) in [5.41, 5.74) is 9.54. The van der Waals surface area contributed by atoms with Gasteiger partial charge in [0, 0.05) is 42.0 Å². The van der Waals surface area contributed by atoms with E-state index in [9.17, 15) is 19.5 Å². The van der Waals surface area contributed by atoms with E-state index < -0.39 is 24.0 Å². The molecular formula is C24H24N4O4. The molecule has 8 heteroatoms. The van der Waals surface area contributed by atoms with E-state index in [0.717, 1.165) is 21.9 Å². The number of nitrogens with two attached hydrogens (primary N) is 1. The maximum atomic E-state index is 13.3. The van der Waals surface area contributed by atoms with Gasteiger partial charge in [-0.25, -0.2) is 4.79 Å². The average molecular weight is 432 g/mol. The number of carboxylic acids is 1. The summed E-state index contributed by atoms with van der Waals surface area (Å²) >= 11 is 0. The molecule has 0 saturated heterocycles. The summed E-state index contributed by atoms with van der Waals surface area (Å²) in [7, 11) is 0. The number of nitrogens with zero attached hydrogens (tertiary/aromatic N) is 1. The Kier molecular flexibility index (Phi) is 5.79. The summed E-state index contributed by atoms with van der Waals surface area (Å²) in [5, 5.41) is 13.7. The number of benzene rings is 2. The third kappa shape index (κ3) is 4.13. The Labute approximate surface area is 184 Å². The number of carboxylic acid groups (broad SMARTS) is 1. The molecule has 2 unspecified atom stereocenters. The summed E-state index contributed by atoms with van der Waals surface area (Å²) in [6, 6.07) is 13.2. The van der Waals surface area contributed by atoms with Crippen LogP contribution in [0.25, 0.3) is 21.8 Å². The third-order valence-corrected chi connectivity index (χ3v) is 5.56. The minimum atomic E-state index is -1.14. The summed E-state index contributed by atoms with van der Waals surface area (Å²) < 4.78 is 1.48. The van der Waals surface area contributed by atoms with Gasteiger partial charge >= 0.3 is 5.97 Å². The number of H-pyrrole nitrogens is 1. The third-order valence-electron chi connectivity index (χ3n) is 5.56. The number of amides is 1. The van der Waals surface area contributed by atoms with Crippen LogP contribution in [-0.4, -0.2) is 44.5 Å². The van der Waals surface area contributed by atoms with E-state index in [1.54, 1.807) is 12.3 Å². The zero-order valence-electron chi connectivity index (χ0n) is 17.5. The largest absolute Gasteiger partial charge is 0.480 e. The first-order valence-electron chi connectivity index (χ1n) is 10.3. The second-order valence-corrected chi connectivity index (χ2v) is 7.85. The van der Waals surface area contributed by atoms with E-state index in [0.29, 0.717) is 17.5 Å². The van der Waals surface area contributed by atoms with E-state index in [1.165, 1.54) is 11.5 Å². The molecule has 2 atom stereocenters. The van der Waals surface area contributed by atoms with Crippen molar-refractivity contribution in [3.8, 4) is 0 Å². The molecule has 4 rings (SSSR count). The summed E-state index contributed by atoms with van der Waals surface area (Å²) in [6.45, 7) is 1.27. The van der Waals surface area contributed by atoms with Gasteiger partial charge in [0.25, 0.3) is 0 Å². The van der Waals surface area contributed by atoms with Gasteiger partial charge in [-0.1, -0.05) is 36.4 Å². The van der Waals surface area contributed by atoms with Crippen LogP contribution < -0.4 is 11.1 Å². The van der Waals surface area contributed by atoms with Crippen molar-refractivity contribution in [1.82, 2.24) is 14.9 Å². The van der Waals surface area contributed by atoms with Crippen LogP contribution in [0.15, 0.2) is 60.9 Å². The molecule has 8 nitrogen and oxygen atoms in total. The fourth-order valence-corrected chi connectivity index (χ4v) is 4.06. The number of hydrogen-bond donors (Lipinski definition) is 4. The summed E-state index contributed by atoms with van der Waals surface area (Å²) in [4.78, 5) is 39.5. The maximum Gasteiger partial charge on any atom is 0.326 e. The number of rotatable bonds is 7. The van der Waals surface area contributed by atoms with Gasteiger partial charge in [-0.2, -0.15) is 0 Å². The van der Waals surface area contributed by atoms with Gasteiger partial charge in [0.1, 0.15) is 6.04 Å². The maximum absolute atomic E-state index is 13.3. The zero-order valence-corrected chi connectivity index (χ0v) is 17.5. The normalized spacial score (nSPS) is 13.2. The van der Waals surface area contributed by atoms with Crippen molar-refractivity contribution in [2.24, 2.45) is 5.73 Å². The number of fused-ring (bicyclic) bond motifs is 2. The summed E-state index contributed by atoms with van der Waals surface area (Å²) in [6.07, 6.45) is 3.89. The van der Waals surface area contributed by atoms with E-state index in [4.69, 9.17) is 5.73 Å². The van der Waals surface area contributed by atoms with Crippen molar-refractivity contribution >= 4 is 39.6 Å². The molecule has 0 bridgehead atoms. The first kappa shape index (κ1) is 21.3. The lowest BCUT2D eigenvalue weighted by atomic mass is 10.0. The van der Waals surface area contributed by atoms with Gasteiger partial charge in [-0.05, 0) is 29.7 Å². The molecule has 2 aromatic heterocycles. The number of carbonyl (C=O) groups is 3. The lowest BCUT2D eigenvalue weighted by molar-refractivity contribution is -0.141. The second-order valence-electron chi connectivity index (χ2n) is 7.85. The molecule has 0 aliphatic carbocycles. The quantitative estimate of drug-likeness (QED) is 0.356. The molecule has 0 aliphatic rings. The van der Waals surface area contributed by atoms with Crippen molar-refractivity contribution in [1.29, 1.82) is 0 Å². The Balaban J connectivity index is 1.64. The Morgan fingerprint density at radius 1 is 1.03 bits per heavy atom. The predicted octanol–water partition coefficient (Wildman–Crippen LogP) is 2.46. The van der Waals surface area contributed by atoms with Crippen LogP contribution in [0.4, 0.5) is 0 Å². The molecule has 2 heterocycles. The van der Waals surface area contributed by atoms with Crippen LogP contribution in [0.1, 0.15) is 22.8 Å². The van der Waals surface area contributed by atoms with Crippen molar-refractivity contribution < 1.29 is 19.5 Å². The Morgan fingerprint density at radius 2 is 1.72 bits per heavy atom. The molecule has 164 valence electrons. The first-order chi connectivity index (χ1) is 15.3. The van der Waals surface area contributed by atoms with Crippen LogP contribution >= 0.6 is 0 Å². The number of aliphatic carboxylic acids is 1.